The Labute approximate surface area is 123 Å². The first-order valence-corrected chi connectivity index (χ1v) is 7.16. The first-order valence-electron chi connectivity index (χ1n) is 7.16. The average Bonchev–Trinajstić information content (AvgIpc) is 3.09. The zero-order valence-electron chi connectivity index (χ0n) is 11.9. The molecule has 2 N–H and O–H groups in total. The zero-order chi connectivity index (χ0) is 14.2. The Morgan fingerprint density at radius 2 is 2.10 bits per heavy atom. The zero-order valence-corrected chi connectivity index (χ0v) is 11.9. The molecule has 0 bridgehead atoms. The van der Waals surface area contributed by atoms with Crippen LogP contribution < -0.4 is 10.6 Å². The smallest absolute Gasteiger partial charge is 0.243 e. The Morgan fingerprint density at radius 1 is 1.19 bits per heavy atom. The van der Waals surface area contributed by atoms with Crippen LogP contribution in [0.2, 0.25) is 0 Å². The van der Waals surface area contributed by atoms with E-state index >= 15 is 0 Å². The second-order valence-electron chi connectivity index (χ2n) is 5.50. The molecule has 2 aromatic heterocycles. The van der Waals surface area contributed by atoms with Crippen LogP contribution in [-0.2, 0) is 19.6 Å². The number of pyridine rings is 1. The molecular formula is C16H17N5. The van der Waals surface area contributed by atoms with E-state index < -0.39 is 0 Å². The van der Waals surface area contributed by atoms with E-state index in [9.17, 15) is 0 Å². The lowest BCUT2D eigenvalue weighted by atomic mass is 10.1. The van der Waals surface area contributed by atoms with Gasteiger partial charge >= 0.3 is 0 Å². The lowest BCUT2D eigenvalue weighted by Crippen LogP contribution is -2.02. The number of nitrogens with zero attached hydrogens (tertiary/aromatic N) is 3. The van der Waals surface area contributed by atoms with Crippen LogP contribution >= 0.6 is 0 Å². The van der Waals surface area contributed by atoms with Gasteiger partial charge in [0.1, 0.15) is 0 Å². The highest BCUT2D eigenvalue weighted by molar-refractivity contribution is 5.45. The fourth-order valence-electron chi connectivity index (χ4n) is 2.70. The number of aryl methyl sites for hydroxylation is 1. The van der Waals surface area contributed by atoms with Gasteiger partial charge in [-0.1, -0.05) is 18.2 Å². The van der Waals surface area contributed by atoms with E-state index in [1.54, 1.807) is 4.52 Å². The Hall–Kier alpha value is -2.40. The van der Waals surface area contributed by atoms with E-state index in [0.29, 0.717) is 5.95 Å². The van der Waals surface area contributed by atoms with E-state index in [4.69, 9.17) is 0 Å². The van der Waals surface area contributed by atoms with Crippen LogP contribution in [0.15, 0.2) is 36.5 Å². The first kappa shape index (κ1) is 12.3. The molecule has 0 saturated heterocycles. The largest absolute Gasteiger partial charge is 0.349 e. The maximum Gasteiger partial charge on any atom is 0.243 e. The summed E-state index contributed by atoms with van der Waals surface area (Å²) in [5.41, 5.74) is 6.11. The Bertz CT molecular complexity index is 806. The maximum atomic E-state index is 4.49. The lowest BCUT2D eigenvalue weighted by molar-refractivity contribution is 0.764. The summed E-state index contributed by atoms with van der Waals surface area (Å²) in [7, 11) is 0. The summed E-state index contributed by atoms with van der Waals surface area (Å²) in [6.07, 6.45) is 1.93. The van der Waals surface area contributed by atoms with Gasteiger partial charge < -0.3 is 10.6 Å². The van der Waals surface area contributed by atoms with Gasteiger partial charge in [0.05, 0.1) is 0 Å². The number of aromatic nitrogens is 3. The van der Waals surface area contributed by atoms with Crippen molar-refractivity contribution in [2.24, 2.45) is 0 Å². The normalized spacial score (nSPS) is 13.6. The van der Waals surface area contributed by atoms with Gasteiger partial charge in [0.15, 0.2) is 5.65 Å². The Kier molecular flexibility index (Phi) is 2.86. The molecule has 1 aromatic carbocycles. The highest BCUT2D eigenvalue weighted by Crippen LogP contribution is 2.17. The molecule has 0 aliphatic carbocycles. The van der Waals surface area contributed by atoms with E-state index in [1.165, 1.54) is 22.3 Å². The van der Waals surface area contributed by atoms with Crippen molar-refractivity contribution in [3.05, 3.63) is 58.8 Å². The van der Waals surface area contributed by atoms with E-state index in [-0.39, 0.29) is 0 Å². The van der Waals surface area contributed by atoms with Crippen LogP contribution in [0.25, 0.3) is 5.65 Å². The summed E-state index contributed by atoms with van der Waals surface area (Å²) in [6, 6.07) is 10.7. The van der Waals surface area contributed by atoms with Gasteiger partial charge in [0, 0.05) is 25.8 Å². The molecule has 0 amide bonds. The van der Waals surface area contributed by atoms with E-state index in [1.807, 2.05) is 18.3 Å². The predicted molar refractivity (Wildman–Crippen MR) is 82.0 cm³/mol. The average molecular weight is 279 g/mol. The number of hydrogen-bond donors (Lipinski definition) is 2. The van der Waals surface area contributed by atoms with Crippen molar-refractivity contribution in [1.29, 1.82) is 0 Å². The van der Waals surface area contributed by atoms with Crippen LogP contribution in [0.3, 0.4) is 0 Å². The van der Waals surface area contributed by atoms with Crippen molar-refractivity contribution in [2.45, 2.75) is 26.6 Å². The molecule has 4 rings (SSSR count). The Balaban J connectivity index is 1.52. The van der Waals surface area contributed by atoms with E-state index in [0.717, 1.165) is 25.3 Å². The third-order valence-electron chi connectivity index (χ3n) is 3.85. The molecule has 0 unspecified atom stereocenters. The summed E-state index contributed by atoms with van der Waals surface area (Å²) < 4.78 is 1.79. The maximum absolute atomic E-state index is 4.49. The van der Waals surface area contributed by atoms with Crippen molar-refractivity contribution in [1.82, 2.24) is 19.9 Å². The van der Waals surface area contributed by atoms with E-state index in [2.05, 4.69) is 45.8 Å². The fourth-order valence-corrected chi connectivity index (χ4v) is 2.70. The van der Waals surface area contributed by atoms with Gasteiger partial charge in [0.2, 0.25) is 5.95 Å². The summed E-state index contributed by atoms with van der Waals surface area (Å²) in [6.45, 7) is 4.74. The number of rotatable bonds is 3. The highest BCUT2D eigenvalue weighted by Gasteiger charge is 2.10. The third kappa shape index (κ3) is 2.36. The van der Waals surface area contributed by atoms with Crippen molar-refractivity contribution in [3.8, 4) is 0 Å². The molecule has 0 spiro atoms. The standard InChI is InChI=1S/C16H17N5/c1-11-4-5-21-15(6-11)19-16(20-21)18-8-12-2-3-13-9-17-10-14(13)7-12/h2-7,17H,8-10H2,1H3,(H,18,20). The van der Waals surface area contributed by atoms with Gasteiger partial charge in [-0.05, 0) is 41.3 Å². The molecule has 3 aromatic rings. The van der Waals surface area contributed by atoms with Crippen molar-refractivity contribution < 1.29 is 0 Å². The van der Waals surface area contributed by atoms with Gasteiger partial charge in [-0.3, -0.25) is 0 Å². The van der Waals surface area contributed by atoms with Crippen LogP contribution in [0.1, 0.15) is 22.3 Å². The van der Waals surface area contributed by atoms with Crippen LogP contribution in [0.5, 0.6) is 0 Å². The molecule has 1 aliphatic heterocycles. The first-order chi connectivity index (χ1) is 10.3. The molecule has 0 fully saturated rings. The third-order valence-corrected chi connectivity index (χ3v) is 3.85. The van der Waals surface area contributed by atoms with Crippen molar-refractivity contribution in [3.63, 3.8) is 0 Å². The second-order valence-corrected chi connectivity index (χ2v) is 5.50. The summed E-state index contributed by atoms with van der Waals surface area (Å²) in [5, 5.41) is 11.1. The molecule has 0 atom stereocenters. The molecule has 1 aliphatic rings. The Morgan fingerprint density at radius 3 is 3.05 bits per heavy atom. The molecule has 5 nitrogen and oxygen atoms in total. The predicted octanol–water partition coefficient (Wildman–Crippen LogP) is 2.25. The SMILES string of the molecule is Cc1ccn2nc(NCc3ccc4c(c3)CNC4)nc2c1. The minimum absolute atomic E-state index is 0.666. The van der Waals surface area contributed by atoms with Crippen LogP contribution in [-0.4, -0.2) is 14.6 Å². The molecule has 106 valence electrons. The highest BCUT2D eigenvalue weighted by atomic mass is 15.3. The molecule has 3 heterocycles. The van der Waals surface area contributed by atoms with Crippen molar-refractivity contribution >= 4 is 11.6 Å². The number of fused-ring (bicyclic) bond motifs is 2. The number of anilines is 1. The van der Waals surface area contributed by atoms with Gasteiger partial charge in [-0.15, -0.1) is 5.10 Å². The fraction of sp³-hybridized carbons (Fsp3) is 0.250. The minimum Gasteiger partial charge on any atom is -0.349 e. The van der Waals surface area contributed by atoms with Gasteiger partial charge in [-0.25, -0.2) is 4.52 Å². The quantitative estimate of drug-likeness (QED) is 0.772. The molecule has 0 radical (unpaired) electrons. The molecule has 5 heteroatoms. The second kappa shape index (κ2) is 4.86. The molecule has 21 heavy (non-hydrogen) atoms. The van der Waals surface area contributed by atoms with Crippen molar-refractivity contribution in [2.75, 3.05) is 5.32 Å². The van der Waals surface area contributed by atoms with Gasteiger partial charge in [0.25, 0.3) is 0 Å². The summed E-state index contributed by atoms with van der Waals surface area (Å²) in [5.74, 6) is 0.666. The van der Waals surface area contributed by atoms with Crippen LogP contribution in [0.4, 0.5) is 5.95 Å². The monoisotopic (exact) mass is 279 g/mol. The summed E-state index contributed by atoms with van der Waals surface area (Å²) in [4.78, 5) is 4.49. The number of nitrogens with one attached hydrogen (secondary N) is 2. The molecular weight excluding hydrogens is 262 g/mol. The number of hydrogen-bond acceptors (Lipinski definition) is 4. The van der Waals surface area contributed by atoms with Crippen LogP contribution in [0, 0.1) is 6.92 Å². The van der Waals surface area contributed by atoms with Gasteiger partial charge in [-0.2, -0.15) is 4.98 Å². The topological polar surface area (TPSA) is 54.2 Å². The molecule has 0 saturated carbocycles. The lowest BCUT2D eigenvalue weighted by Gasteiger charge is -2.04. The number of benzene rings is 1. The minimum atomic E-state index is 0.666. The summed E-state index contributed by atoms with van der Waals surface area (Å²) >= 11 is 0.